The van der Waals surface area contributed by atoms with E-state index in [9.17, 15) is 9.59 Å². The van der Waals surface area contributed by atoms with E-state index in [1.165, 1.54) is 7.11 Å². The molecule has 15 heavy (non-hydrogen) atoms. The van der Waals surface area contributed by atoms with Gasteiger partial charge in [-0.15, -0.1) is 0 Å². The molecule has 6 heteroatoms. The van der Waals surface area contributed by atoms with Crippen LogP contribution in [0.2, 0.25) is 0 Å². The predicted molar refractivity (Wildman–Crippen MR) is 54.3 cm³/mol. The Hall–Kier alpha value is -1.14. The van der Waals surface area contributed by atoms with Crippen LogP contribution >= 0.6 is 0 Å². The number of amides is 1. The molecule has 1 heterocycles. The fraction of sp³-hybridized carbons (Fsp3) is 0.778. The lowest BCUT2D eigenvalue weighted by atomic mass is 10.3. The van der Waals surface area contributed by atoms with Crippen LogP contribution in [0, 0.1) is 0 Å². The highest BCUT2D eigenvalue weighted by molar-refractivity contribution is 5.83. The number of nitrogens with one attached hydrogen (secondary N) is 2. The third-order valence-corrected chi connectivity index (χ3v) is 2.23. The highest BCUT2D eigenvalue weighted by Gasteiger charge is 2.13. The Morgan fingerprint density at radius 1 is 1.40 bits per heavy atom. The third kappa shape index (κ3) is 4.75. The van der Waals surface area contributed by atoms with Crippen LogP contribution in [0.25, 0.3) is 0 Å². The van der Waals surface area contributed by atoms with Gasteiger partial charge >= 0.3 is 5.97 Å². The Morgan fingerprint density at radius 3 is 2.67 bits per heavy atom. The maximum atomic E-state index is 11.4. The molecule has 6 nitrogen and oxygen atoms in total. The summed E-state index contributed by atoms with van der Waals surface area (Å²) < 4.78 is 4.41. The summed E-state index contributed by atoms with van der Waals surface area (Å²) in [5.41, 5.74) is 0. The summed E-state index contributed by atoms with van der Waals surface area (Å²) in [6, 6.07) is 0. The van der Waals surface area contributed by atoms with E-state index in [-0.39, 0.29) is 12.5 Å². The lowest BCUT2D eigenvalue weighted by Gasteiger charge is -2.26. The minimum Gasteiger partial charge on any atom is -0.468 e. The largest absolute Gasteiger partial charge is 0.468 e. The zero-order chi connectivity index (χ0) is 11.1. The monoisotopic (exact) mass is 215 g/mol. The van der Waals surface area contributed by atoms with Gasteiger partial charge in [-0.3, -0.25) is 14.5 Å². The number of rotatable bonds is 4. The van der Waals surface area contributed by atoms with Crippen molar-refractivity contribution in [2.75, 3.05) is 46.4 Å². The smallest absolute Gasteiger partial charge is 0.325 e. The number of ether oxygens (including phenoxy) is 1. The maximum absolute atomic E-state index is 11.4. The second-order valence-electron chi connectivity index (χ2n) is 3.38. The van der Waals surface area contributed by atoms with E-state index in [1.807, 2.05) is 4.90 Å². The number of methoxy groups -OCH3 is 1. The van der Waals surface area contributed by atoms with Gasteiger partial charge in [0.25, 0.3) is 0 Å². The third-order valence-electron chi connectivity index (χ3n) is 2.23. The zero-order valence-electron chi connectivity index (χ0n) is 8.91. The molecule has 0 atom stereocenters. The van der Waals surface area contributed by atoms with Crippen molar-refractivity contribution in [2.45, 2.75) is 0 Å². The standard InChI is InChI=1S/C9H17N3O3/c1-15-9(14)6-11-8(13)7-12-4-2-10-3-5-12/h10H,2-7H2,1H3,(H,11,13). The molecule has 1 aliphatic heterocycles. The van der Waals surface area contributed by atoms with Crippen molar-refractivity contribution in [1.82, 2.24) is 15.5 Å². The number of hydrogen-bond donors (Lipinski definition) is 2. The maximum Gasteiger partial charge on any atom is 0.325 e. The molecule has 1 fully saturated rings. The molecule has 2 N–H and O–H groups in total. The molecule has 0 aromatic rings. The average molecular weight is 215 g/mol. The van der Waals surface area contributed by atoms with Crippen LogP contribution < -0.4 is 10.6 Å². The van der Waals surface area contributed by atoms with Gasteiger partial charge in [-0.1, -0.05) is 0 Å². The molecule has 0 radical (unpaired) electrons. The van der Waals surface area contributed by atoms with E-state index < -0.39 is 5.97 Å². The van der Waals surface area contributed by atoms with Gasteiger partial charge in [-0.05, 0) is 0 Å². The lowest BCUT2D eigenvalue weighted by molar-refractivity contribution is -0.141. The number of esters is 1. The lowest BCUT2D eigenvalue weighted by Crippen LogP contribution is -2.48. The molecule has 0 aromatic heterocycles. The fourth-order valence-electron chi connectivity index (χ4n) is 1.37. The van der Waals surface area contributed by atoms with Crippen molar-refractivity contribution in [3.63, 3.8) is 0 Å². The first-order chi connectivity index (χ1) is 7.22. The molecule has 1 saturated heterocycles. The number of carbonyl (C=O) groups is 2. The Bertz CT molecular complexity index is 227. The first-order valence-corrected chi connectivity index (χ1v) is 4.99. The number of hydrogen-bond acceptors (Lipinski definition) is 5. The van der Waals surface area contributed by atoms with Crippen molar-refractivity contribution in [2.24, 2.45) is 0 Å². The zero-order valence-corrected chi connectivity index (χ0v) is 8.91. The van der Waals surface area contributed by atoms with Crippen molar-refractivity contribution in [3.05, 3.63) is 0 Å². The van der Waals surface area contributed by atoms with Gasteiger partial charge in [0.15, 0.2) is 0 Å². The molecule has 0 aromatic carbocycles. The van der Waals surface area contributed by atoms with Crippen LogP contribution in [-0.2, 0) is 14.3 Å². The van der Waals surface area contributed by atoms with E-state index >= 15 is 0 Å². The van der Waals surface area contributed by atoms with E-state index in [0.717, 1.165) is 26.2 Å². The summed E-state index contributed by atoms with van der Waals surface area (Å²) >= 11 is 0. The van der Waals surface area contributed by atoms with Crippen molar-refractivity contribution in [3.8, 4) is 0 Å². The Kier molecular flexibility index (Phi) is 5.06. The van der Waals surface area contributed by atoms with Crippen molar-refractivity contribution >= 4 is 11.9 Å². The summed E-state index contributed by atoms with van der Waals surface area (Å²) in [5, 5.41) is 5.70. The van der Waals surface area contributed by atoms with Gasteiger partial charge in [-0.25, -0.2) is 0 Å². The molecule has 0 unspecified atom stereocenters. The molecule has 86 valence electrons. The first kappa shape index (κ1) is 11.9. The molecule has 1 rings (SSSR count). The number of piperazine rings is 1. The Morgan fingerprint density at radius 2 is 2.07 bits per heavy atom. The second kappa shape index (κ2) is 6.36. The predicted octanol–water partition coefficient (Wildman–Crippen LogP) is -1.82. The molecular weight excluding hydrogens is 198 g/mol. The summed E-state index contributed by atoms with van der Waals surface area (Å²) in [4.78, 5) is 24.1. The minimum absolute atomic E-state index is 0.0541. The summed E-state index contributed by atoms with van der Waals surface area (Å²) in [6.45, 7) is 3.84. The second-order valence-corrected chi connectivity index (χ2v) is 3.38. The SMILES string of the molecule is COC(=O)CNC(=O)CN1CCNCC1. The quantitative estimate of drug-likeness (QED) is 0.540. The fourth-order valence-corrected chi connectivity index (χ4v) is 1.37. The van der Waals surface area contributed by atoms with Gasteiger partial charge in [0, 0.05) is 26.2 Å². The van der Waals surface area contributed by atoms with Gasteiger partial charge in [-0.2, -0.15) is 0 Å². The topological polar surface area (TPSA) is 70.7 Å². The number of carbonyl (C=O) groups excluding carboxylic acids is 2. The van der Waals surface area contributed by atoms with Gasteiger partial charge < -0.3 is 15.4 Å². The van der Waals surface area contributed by atoms with E-state index in [0.29, 0.717) is 6.54 Å². The van der Waals surface area contributed by atoms with E-state index in [4.69, 9.17) is 0 Å². The van der Waals surface area contributed by atoms with E-state index in [2.05, 4.69) is 15.4 Å². The van der Waals surface area contributed by atoms with Gasteiger partial charge in [0.05, 0.1) is 13.7 Å². The molecule has 0 saturated carbocycles. The van der Waals surface area contributed by atoms with Crippen LogP contribution in [0.5, 0.6) is 0 Å². The van der Waals surface area contributed by atoms with E-state index in [1.54, 1.807) is 0 Å². The molecular formula is C9H17N3O3. The van der Waals surface area contributed by atoms with Crippen LogP contribution in [0.3, 0.4) is 0 Å². The molecule has 1 aliphatic rings. The van der Waals surface area contributed by atoms with Gasteiger partial charge in [0.2, 0.25) is 5.91 Å². The van der Waals surface area contributed by atoms with Crippen LogP contribution in [0.4, 0.5) is 0 Å². The highest BCUT2D eigenvalue weighted by Crippen LogP contribution is 1.90. The first-order valence-electron chi connectivity index (χ1n) is 4.99. The average Bonchev–Trinajstić information content (AvgIpc) is 2.27. The molecule has 0 bridgehead atoms. The number of nitrogens with zero attached hydrogens (tertiary/aromatic N) is 1. The molecule has 0 aliphatic carbocycles. The Balaban J connectivity index is 2.14. The summed E-state index contributed by atoms with van der Waals surface area (Å²) in [7, 11) is 1.30. The van der Waals surface area contributed by atoms with Crippen LogP contribution in [0.1, 0.15) is 0 Å². The van der Waals surface area contributed by atoms with Gasteiger partial charge in [0.1, 0.15) is 6.54 Å². The highest BCUT2D eigenvalue weighted by atomic mass is 16.5. The minimum atomic E-state index is -0.427. The molecule has 1 amide bonds. The molecule has 0 spiro atoms. The van der Waals surface area contributed by atoms with Crippen molar-refractivity contribution in [1.29, 1.82) is 0 Å². The van der Waals surface area contributed by atoms with Crippen molar-refractivity contribution < 1.29 is 14.3 Å². The summed E-state index contributed by atoms with van der Waals surface area (Å²) in [5.74, 6) is -0.564. The normalized spacial score (nSPS) is 17.1. The van der Waals surface area contributed by atoms with Crippen LogP contribution in [0.15, 0.2) is 0 Å². The van der Waals surface area contributed by atoms with Crippen LogP contribution in [-0.4, -0.2) is 63.2 Å². The Labute approximate surface area is 88.9 Å². The summed E-state index contributed by atoms with van der Waals surface area (Å²) in [6.07, 6.45) is 0.